The number of benzene rings is 1. The Morgan fingerprint density at radius 3 is 2.15 bits per heavy atom. The maximum absolute atomic E-state index is 11.4. The Hall–Kier alpha value is -2.02. The maximum atomic E-state index is 11.4. The molecule has 0 N–H and O–H groups in total. The average molecular weight is 280 g/mol. The fraction of sp³-hybridized carbons (Fsp3) is 0.385. The minimum absolute atomic E-state index is 0.108. The largest absolute Gasteiger partial charge is 0.457 e. The first-order valence-electron chi connectivity index (χ1n) is 5.94. The average Bonchev–Trinajstić information content (AvgIpc) is 2.47. The van der Waals surface area contributed by atoms with E-state index in [4.69, 9.17) is 17.3 Å². The molecular weight excluding hydrogens is 263 g/mol. The Balaban J connectivity index is 0.00000172. The van der Waals surface area contributed by atoms with Gasteiger partial charge in [-0.15, -0.1) is 0 Å². The van der Waals surface area contributed by atoms with Gasteiger partial charge in [-0.1, -0.05) is 13.8 Å². The molecule has 0 aliphatic carbocycles. The van der Waals surface area contributed by atoms with Crippen molar-refractivity contribution in [3.63, 3.8) is 0 Å². The summed E-state index contributed by atoms with van der Waals surface area (Å²) in [6.45, 7) is 3.60. The summed E-state index contributed by atoms with van der Waals surface area (Å²) in [5, 5.41) is 0. The van der Waals surface area contributed by atoms with Gasteiger partial charge in [0.2, 0.25) is 20.5 Å². The molecule has 0 spiro atoms. The molecule has 0 saturated carbocycles. The van der Waals surface area contributed by atoms with Crippen molar-refractivity contribution in [1.82, 2.24) is 0 Å². The lowest BCUT2D eigenvalue weighted by atomic mass is 10.2. The van der Waals surface area contributed by atoms with E-state index in [1.807, 2.05) is 13.8 Å². The van der Waals surface area contributed by atoms with Gasteiger partial charge in [0, 0.05) is 7.11 Å². The molecule has 0 aliphatic rings. The van der Waals surface area contributed by atoms with Gasteiger partial charge in [-0.3, -0.25) is 4.79 Å². The third kappa shape index (κ3) is 7.43. The standard InChI is InChI=1S/C11H11BO6.C2H6/c1-15-6-17-10(13)8-2-4-9(5-3-8)16-7-18-11(12)14;1-2/h2-5H,6-7H2,1H3;1-2H3. The molecule has 108 valence electrons. The van der Waals surface area contributed by atoms with Gasteiger partial charge in [-0.25, -0.2) is 4.79 Å². The van der Waals surface area contributed by atoms with Crippen molar-refractivity contribution in [2.75, 3.05) is 20.7 Å². The highest BCUT2D eigenvalue weighted by Gasteiger charge is 2.06. The van der Waals surface area contributed by atoms with Crippen LogP contribution < -0.4 is 4.74 Å². The van der Waals surface area contributed by atoms with Crippen molar-refractivity contribution < 1.29 is 28.5 Å². The van der Waals surface area contributed by atoms with Crippen LogP contribution in [0.15, 0.2) is 24.3 Å². The van der Waals surface area contributed by atoms with Gasteiger partial charge >= 0.3 is 5.97 Å². The molecule has 0 bridgehead atoms. The van der Waals surface area contributed by atoms with Crippen LogP contribution in [0.1, 0.15) is 24.2 Å². The number of ether oxygens (including phenoxy) is 4. The first-order chi connectivity index (χ1) is 9.63. The summed E-state index contributed by atoms with van der Waals surface area (Å²) in [4.78, 5) is 21.7. The minimum atomic E-state index is -0.922. The summed E-state index contributed by atoms with van der Waals surface area (Å²) in [6.07, 6.45) is 0. The van der Waals surface area contributed by atoms with Crippen LogP contribution in [-0.4, -0.2) is 40.4 Å². The lowest BCUT2D eigenvalue weighted by Gasteiger charge is -2.07. The van der Waals surface area contributed by atoms with Crippen LogP contribution in [0.2, 0.25) is 0 Å². The summed E-state index contributed by atoms with van der Waals surface area (Å²) >= 11 is 0. The van der Waals surface area contributed by atoms with E-state index in [0.717, 1.165) is 0 Å². The van der Waals surface area contributed by atoms with Gasteiger partial charge in [0.25, 0.3) is 0 Å². The van der Waals surface area contributed by atoms with Crippen LogP contribution in [0.4, 0.5) is 4.79 Å². The van der Waals surface area contributed by atoms with Crippen LogP contribution in [0.3, 0.4) is 0 Å². The van der Waals surface area contributed by atoms with Crippen molar-refractivity contribution in [2.24, 2.45) is 0 Å². The fourth-order valence-corrected chi connectivity index (χ4v) is 1.04. The van der Waals surface area contributed by atoms with Gasteiger partial charge in [0.15, 0.2) is 6.79 Å². The van der Waals surface area contributed by atoms with E-state index >= 15 is 0 Å². The Labute approximate surface area is 119 Å². The minimum Gasteiger partial charge on any atom is -0.457 e. The number of hydrogen-bond acceptors (Lipinski definition) is 6. The molecule has 7 heteroatoms. The Bertz CT molecular complexity index is 404. The molecule has 0 aromatic heterocycles. The van der Waals surface area contributed by atoms with Crippen LogP contribution in [-0.2, 0) is 14.2 Å². The Morgan fingerprint density at radius 1 is 1.05 bits per heavy atom. The molecule has 1 rings (SSSR count). The topological polar surface area (TPSA) is 71.1 Å². The number of methoxy groups -OCH3 is 1. The number of esters is 1. The van der Waals surface area contributed by atoms with Crippen LogP contribution >= 0.6 is 0 Å². The molecule has 0 saturated heterocycles. The van der Waals surface area contributed by atoms with Gasteiger partial charge < -0.3 is 18.9 Å². The molecule has 0 fully saturated rings. The summed E-state index contributed by atoms with van der Waals surface area (Å²) in [5.41, 5.74) is 0.357. The van der Waals surface area contributed by atoms with Crippen LogP contribution in [0.25, 0.3) is 0 Å². The smallest absolute Gasteiger partial charge is 0.340 e. The molecular formula is C13H17BO6. The van der Waals surface area contributed by atoms with E-state index in [2.05, 4.69) is 9.47 Å². The van der Waals surface area contributed by atoms with E-state index in [9.17, 15) is 9.59 Å². The predicted molar refractivity (Wildman–Crippen MR) is 72.8 cm³/mol. The van der Waals surface area contributed by atoms with Crippen molar-refractivity contribution >= 4 is 19.7 Å². The molecule has 6 nitrogen and oxygen atoms in total. The van der Waals surface area contributed by atoms with Gasteiger partial charge in [-0.05, 0) is 24.3 Å². The highest BCUT2D eigenvalue weighted by atomic mass is 16.7. The molecule has 2 radical (unpaired) electrons. The molecule has 1 aromatic carbocycles. The molecule has 1 aromatic rings. The second-order valence-electron chi connectivity index (χ2n) is 3.09. The van der Waals surface area contributed by atoms with E-state index in [-0.39, 0.29) is 13.6 Å². The number of carbonyl (C=O) groups excluding carboxylic acids is 2. The molecule has 0 aliphatic heterocycles. The van der Waals surface area contributed by atoms with Crippen molar-refractivity contribution in [2.45, 2.75) is 13.8 Å². The second-order valence-corrected chi connectivity index (χ2v) is 3.09. The van der Waals surface area contributed by atoms with E-state index < -0.39 is 11.8 Å². The molecule has 0 unspecified atom stereocenters. The molecule has 0 amide bonds. The third-order valence-corrected chi connectivity index (χ3v) is 1.82. The predicted octanol–water partition coefficient (Wildman–Crippen LogP) is 2.11. The first kappa shape index (κ1) is 18.0. The SMILES string of the molecule is CC.[B]C(=O)OCOc1ccc(C(=O)OCOC)cc1. The molecule has 20 heavy (non-hydrogen) atoms. The lowest BCUT2D eigenvalue weighted by Crippen LogP contribution is -2.09. The Morgan fingerprint density at radius 2 is 1.65 bits per heavy atom. The third-order valence-electron chi connectivity index (χ3n) is 1.82. The number of rotatable bonds is 6. The van der Waals surface area contributed by atoms with E-state index in [1.54, 1.807) is 0 Å². The monoisotopic (exact) mass is 280 g/mol. The van der Waals surface area contributed by atoms with Crippen molar-refractivity contribution in [3.8, 4) is 5.75 Å². The molecule has 0 heterocycles. The molecule has 0 atom stereocenters. The first-order valence-corrected chi connectivity index (χ1v) is 5.94. The van der Waals surface area contributed by atoms with Crippen LogP contribution in [0.5, 0.6) is 5.75 Å². The highest BCUT2D eigenvalue weighted by Crippen LogP contribution is 2.13. The lowest BCUT2D eigenvalue weighted by molar-refractivity contribution is -0.0125. The summed E-state index contributed by atoms with van der Waals surface area (Å²) in [5.74, 6) is -0.994. The quantitative estimate of drug-likeness (QED) is 0.451. The summed E-state index contributed by atoms with van der Waals surface area (Å²) in [6, 6.07) is 6.09. The number of carbonyl (C=O) groups is 2. The number of hydrogen-bond donors (Lipinski definition) is 0. The van der Waals surface area contributed by atoms with E-state index in [1.165, 1.54) is 31.4 Å². The van der Waals surface area contributed by atoms with Gasteiger partial charge in [-0.2, -0.15) is 0 Å². The van der Waals surface area contributed by atoms with Crippen molar-refractivity contribution in [1.29, 1.82) is 0 Å². The normalized spacial score (nSPS) is 8.95. The highest BCUT2D eigenvalue weighted by molar-refractivity contribution is 6.55. The summed E-state index contributed by atoms with van der Waals surface area (Å²) < 4.78 is 18.8. The zero-order valence-corrected chi connectivity index (χ0v) is 11.8. The zero-order chi connectivity index (χ0) is 15.4. The Kier molecular flexibility index (Phi) is 9.77. The van der Waals surface area contributed by atoms with Gasteiger partial charge in [0.1, 0.15) is 5.75 Å². The maximum Gasteiger partial charge on any atom is 0.340 e. The second kappa shape index (κ2) is 10.9. The van der Waals surface area contributed by atoms with E-state index in [0.29, 0.717) is 11.3 Å². The zero-order valence-electron chi connectivity index (χ0n) is 11.8. The summed E-state index contributed by atoms with van der Waals surface area (Å²) in [7, 11) is 6.17. The van der Waals surface area contributed by atoms with Gasteiger partial charge in [0.05, 0.1) is 5.56 Å². The van der Waals surface area contributed by atoms with Crippen LogP contribution in [0, 0.1) is 0 Å². The van der Waals surface area contributed by atoms with Crippen molar-refractivity contribution in [3.05, 3.63) is 29.8 Å². The fourth-order valence-electron chi connectivity index (χ4n) is 1.04.